The van der Waals surface area contributed by atoms with Gasteiger partial charge in [-0.15, -0.1) is 0 Å². The molecule has 0 radical (unpaired) electrons. The van der Waals surface area contributed by atoms with Crippen LogP contribution in [0.15, 0.2) is 42.5 Å². The van der Waals surface area contributed by atoms with Crippen LogP contribution in [0, 0.1) is 5.82 Å². The molecule has 198 valence electrons. The average molecular weight is 511 g/mol. The molecule has 1 unspecified atom stereocenters. The quantitative estimate of drug-likeness (QED) is 0.285. The first-order chi connectivity index (χ1) is 17.8. The highest BCUT2D eigenvalue weighted by molar-refractivity contribution is 5.95. The van der Waals surface area contributed by atoms with Crippen molar-refractivity contribution in [2.75, 3.05) is 56.3 Å². The zero-order valence-corrected chi connectivity index (χ0v) is 22.0. The van der Waals surface area contributed by atoms with Gasteiger partial charge in [0.25, 0.3) is 0 Å². The van der Waals surface area contributed by atoms with Gasteiger partial charge < -0.3 is 19.3 Å². The van der Waals surface area contributed by atoms with Crippen molar-refractivity contribution in [3.63, 3.8) is 0 Å². The van der Waals surface area contributed by atoms with E-state index in [9.17, 15) is 14.0 Å². The van der Waals surface area contributed by atoms with Gasteiger partial charge in [0, 0.05) is 51.0 Å². The third-order valence-corrected chi connectivity index (χ3v) is 8.16. The number of para-hydroxylation sites is 1. The maximum Gasteiger partial charge on any atom is 0.512 e. The monoisotopic (exact) mass is 510 g/mol. The first-order valence-electron chi connectivity index (χ1n) is 13.3. The van der Waals surface area contributed by atoms with Gasteiger partial charge in [-0.1, -0.05) is 12.1 Å². The molecule has 3 atom stereocenters. The van der Waals surface area contributed by atoms with Crippen LogP contribution in [0.5, 0.6) is 0 Å². The number of carbonyl (C=O) groups excluding carboxylic acids is 2. The SMILES string of the molecule is CC(C)OC(=O)OC[N+]1(CCCC(=O)c2ccc(F)cc2)CC[C@H]2[C@@H](C1)c1cccc3c1N2CCN3C. The number of benzene rings is 2. The molecule has 3 aliphatic heterocycles. The summed E-state index contributed by atoms with van der Waals surface area (Å²) in [4.78, 5) is 30.0. The molecule has 0 bridgehead atoms. The Kier molecular flexibility index (Phi) is 7.12. The lowest BCUT2D eigenvalue weighted by atomic mass is 9.87. The molecule has 0 N–H and O–H groups in total. The first-order valence-corrected chi connectivity index (χ1v) is 13.3. The van der Waals surface area contributed by atoms with Crippen molar-refractivity contribution in [2.24, 2.45) is 0 Å². The zero-order chi connectivity index (χ0) is 26.2. The number of hydrogen-bond donors (Lipinski definition) is 0. The number of ether oxygens (including phenoxy) is 2. The van der Waals surface area contributed by atoms with E-state index in [4.69, 9.17) is 9.47 Å². The molecular formula is C29H37FN3O4+. The van der Waals surface area contributed by atoms with Gasteiger partial charge in [-0.25, -0.2) is 9.18 Å². The van der Waals surface area contributed by atoms with E-state index in [2.05, 4.69) is 35.0 Å². The van der Waals surface area contributed by atoms with E-state index in [-0.39, 0.29) is 24.4 Å². The fraction of sp³-hybridized carbons (Fsp3) is 0.517. The van der Waals surface area contributed by atoms with E-state index in [1.165, 1.54) is 29.1 Å². The second kappa shape index (κ2) is 10.3. The van der Waals surface area contributed by atoms with Gasteiger partial charge >= 0.3 is 6.16 Å². The van der Waals surface area contributed by atoms with Crippen molar-refractivity contribution in [3.05, 3.63) is 59.4 Å². The topological polar surface area (TPSA) is 59.1 Å². The van der Waals surface area contributed by atoms with Gasteiger partial charge in [-0.2, -0.15) is 0 Å². The number of ketones is 1. The second-order valence-electron chi connectivity index (χ2n) is 11.0. The molecule has 5 rings (SSSR count). The number of hydrogen-bond acceptors (Lipinski definition) is 6. The Morgan fingerprint density at radius 3 is 2.68 bits per heavy atom. The highest BCUT2D eigenvalue weighted by Crippen LogP contribution is 2.51. The maximum absolute atomic E-state index is 13.3. The number of nitrogens with zero attached hydrogens (tertiary/aromatic N) is 3. The van der Waals surface area contributed by atoms with E-state index in [1.807, 2.05) is 0 Å². The normalized spacial score (nSPS) is 24.0. The highest BCUT2D eigenvalue weighted by atomic mass is 19.1. The summed E-state index contributed by atoms with van der Waals surface area (Å²) >= 11 is 0. The number of rotatable bonds is 8. The van der Waals surface area contributed by atoms with Crippen molar-refractivity contribution in [2.45, 2.75) is 51.2 Å². The maximum atomic E-state index is 13.3. The molecule has 7 nitrogen and oxygen atoms in total. The van der Waals surface area contributed by atoms with Crippen LogP contribution in [-0.2, 0) is 9.47 Å². The largest absolute Gasteiger partial charge is 0.512 e. The fourth-order valence-electron chi connectivity index (χ4n) is 6.36. The Morgan fingerprint density at radius 2 is 1.92 bits per heavy atom. The molecule has 3 aliphatic rings. The molecule has 0 aromatic heterocycles. The zero-order valence-electron chi connectivity index (χ0n) is 22.0. The molecule has 0 saturated carbocycles. The lowest BCUT2D eigenvalue weighted by Gasteiger charge is -2.47. The van der Waals surface area contributed by atoms with Crippen molar-refractivity contribution < 1.29 is 27.9 Å². The third-order valence-electron chi connectivity index (χ3n) is 8.16. The summed E-state index contributed by atoms with van der Waals surface area (Å²) in [7, 11) is 2.15. The van der Waals surface area contributed by atoms with Crippen LogP contribution >= 0.6 is 0 Å². The van der Waals surface area contributed by atoms with Gasteiger partial charge in [-0.05, 0) is 49.7 Å². The van der Waals surface area contributed by atoms with Gasteiger partial charge in [0.15, 0.2) is 5.78 Å². The van der Waals surface area contributed by atoms with Crippen LogP contribution in [0.1, 0.15) is 54.9 Å². The number of piperidine rings is 1. The van der Waals surface area contributed by atoms with E-state index in [0.717, 1.165) is 39.1 Å². The summed E-state index contributed by atoms with van der Waals surface area (Å²) in [6.45, 7) is 8.31. The molecule has 8 heteroatoms. The number of halogens is 1. The number of anilines is 2. The number of Topliss-reactive ketones (excluding diaryl/α,β-unsaturated/α-hetero) is 1. The van der Waals surface area contributed by atoms with Crippen LogP contribution in [0.4, 0.5) is 20.6 Å². The lowest BCUT2D eigenvalue weighted by Crippen LogP contribution is -2.60. The Morgan fingerprint density at radius 1 is 1.14 bits per heavy atom. The van der Waals surface area contributed by atoms with Crippen molar-refractivity contribution in [1.82, 2.24) is 0 Å². The fourth-order valence-corrected chi connectivity index (χ4v) is 6.36. The van der Waals surface area contributed by atoms with Crippen molar-refractivity contribution in [1.29, 1.82) is 0 Å². The first kappa shape index (κ1) is 25.5. The van der Waals surface area contributed by atoms with E-state index >= 15 is 0 Å². The minimum absolute atomic E-state index is 0.00382. The summed E-state index contributed by atoms with van der Waals surface area (Å²) in [5.41, 5.74) is 4.55. The van der Waals surface area contributed by atoms with Crippen LogP contribution in [0.25, 0.3) is 0 Å². The molecule has 37 heavy (non-hydrogen) atoms. The number of likely N-dealkylation sites (N-methyl/N-ethyl adjacent to an activating group) is 1. The number of fused-ring (bicyclic) bond motifs is 3. The summed E-state index contributed by atoms with van der Waals surface area (Å²) in [5.74, 6) is -0.00425. The Balaban J connectivity index is 1.33. The molecule has 2 aromatic rings. The van der Waals surface area contributed by atoms with E-state index in [1.54, 1.807) is 26.0 Å². The third kappa shape index (κ3) is 5.17. The van der Waals surface area contributed by atoms with Gasteiger partial charge in [-0.3, -0.25) is 9.28 Å². The summed E-state index contributed by atoms with van der Waals surface area (Å²) in [6.07, 6.45) is 1.14. The minimum atomic E-state index is -0.646. The number of carbonyl (C=O) groups is 2. The Hall–Kier alpha value is -3.13. The predicted molar refractivity (Wildman–Crippen MR) is 141 cm³/mol. The lowest BCUT2D eigenvalue weighted by molar-refractivity contribution is -0.949. The molecule has 0 amide bonds. The van der Waals surface area contributed by atoms with Crippen LogP contribution in [0.3, 0.4) is 0 Å². The molecule has 0 aliphatic carbocycles. The predicted octanol–water partition coefficient (Wildman–Crippen LogP) is 4.95. The standard InChI is InChI=1S/C29H37FN3O4/c1-20(2)37-29(35)36-19-33(16-5-8-27(34)21-9-11-22(30)12-10-21)17-13-25-24(18-33)23-6-4-7-26-28(23)32(25)15-14-31(26)3/h4,6-7,9-12,20,24-25H,5,8,13-19H2,1-3H3/q+1/t24-,25-,33?/m0/s1. The summed E-state index contributed by atoms with van der Waals surface area (Å²) in [5, 5.41) is 0. The van der Waals surface area contributed by atoms with E-state index in [0.29, 0.717) is 34.8 Å². The van der Waals surface area contributed by atoms with Crippen LogP contribution in [-0.4, -0.2) is 75.1 Å². The van der Waals surface area contributed by atoms with Crippen LogP contribution < -0.4 is 9.80 Å². The van der Waals surface area contributed by atoms with Gasteiger partial charge in [0.2, 0.25) is 6.73 Å². The highest BCUT2D eigenvalue weighted by Gasteiger charge is 2.50. The molecule has 0 spiro atoms. The Bertz CT molecular complexity index is 1150. The molecular weight excluding hydrogens is 473 g/mol. The second-order valence-corrected chi connectivity index (χ2v) is 11.0. The molecule has 2 aromatic carbocycles. The molecule has 1 saturated heterocycles. The summed E-state index contributed by atoms with van der Waals surface area (Å²) < 4.78 is 24.8. The van der Waals surface area contributed by atoms with Crippen LogP contribution in [0.2, 0.25) is 0 Å². The Labute approximate surface area is 218 Å². The molecule has 1 fully saturated rings. The molecule has 3 heterocycles. The number of quaternary nitrogens is 1. The van der Waals surface area contributed by atoms with Crippen molar-refractivity contribution >= 4 is 23.3 Å². The minimum Gasteiger partial charge on any atom is -0.431 e. The average Bonchev–Trinajstić information content (AvgIpc) is 3.19. The smallest absolute Gasteiger partial charge is 0.431 e. The van der Waals surface area contributed by atoms with Gasteiger partial charge in [0.1, 0.15) is 5.82 Å². The summed E-state index contributed by atoms with van der Waals surface area (Å²) in [6, 6.07) is 12.8. The number of likely N-dealkylation sites (tertiary alicyclic amines) is 1. The van der Waals surface area contributed by atoms with E-state index < -0.39 is 6.16 Å². The van der Waals surface area contributed by atoms with Crippen molar-refractivity contribution in [3.8, 4) is 0 Å². The van der Waals surface area contributed by atoms with Gasteiger partial charge in [0.05, 0.1) is 43.0 Å².